The molecule has 1 aromatic carbocycles. The van der Waals surface area contributed by atoms with Crippen LogP contribution in [0.2, 0.25) is 0 Å². The van der Waals surface area contributed by atoms with Crippen molar-refractivity contribution in [3.8, 4) is 5.75 Å². The Hall–Kier alpha value is -1.51. The molecule has 19 heavy (non-hydrogen) atoms. The molecule has 0 aromatic heterocycles. The van der Waals surface area contributed by atoms with Gasteiger partial charge < -0.3 is 9.64 Å². The van der Waals surface area contributed by atoms with Crippen LogP contribution >= 0.6 is 0 Å². The van der Waals surface area contributed by atoms with Gasteiger partial charge in [0, 0.05) is 19.5 Å². The highest BCUT2D eigenvalue weighted by molar-refractivity contribution is 5.79. The number of hydrogen-bond donors (Lipinski definition) is 0. The monoisotopic (exact) mass is 259 g/mol. The highest BCUT2D eigenvalue weighted by atomic mass is 16.5. The molecule has 2 aliphatic rings. The number of carbonyl (C=O) groups is 1. The Balaban J connectivity index is 1.60. The zero-order valence-electron chi connectivity index (χ0n) is 11.6. The summed E-state index contributed by atoms with van der Waals surface area (Å²) < 4.78 is 5.21. The van der Waals surface area contributed by atoms with Crippen LogP contribution in [0.3, 0.4) is 0 Å². The molecular weight excluding hydrogens is 238 g/mol. The van der Waals surface area contributed by atoms with Gasteiger partial charge in [-0.05, 0) is 48.8 Å². The minimum absolute atomic E-state index is 0.277. The number of carbonyl (C=O) groups excluding carboxylic acids is 1. The molecule has 2 unspecified atom stereocenters. The van der Waals surface area contributed by atoms with Crippen molar-refractivity contribution in [2.45, 2.75) is 25.8 Å². The molecule has 2 saturated carbocycles. The second-order valence-corrected chi connectivity index (χ2v) is 5.97. The molecule has 0 N–H and O–H groups in total. The van der Waals surface area contributed by atoms with Gasteiger partial charge in [-0.25, -0.2) is 0 Å². The SMILES string of the molecule is COc1cccc(CN(C)C(=O)C2CC3CC3C2)c1. The van der Waals surface area contributed by atoms with Crippen molar-refractivity contribution >= 4 is 5.91 Å². The molecule has 0 radical (unpaired) electrons. The number of rotatable bonds is 4. The van der Waals surface area contributed by atoms with E-state index in [4.69, 9.17) is 4.74 Å². The molecule has 3 heteroatoms. The van der Waals surface area contributed by atoms with E-state index in [1.807, 2.05) is 36.2 Å². The van der Waals surface area contributed by atoms with Crippen LogP contribution in [-0.2, 0) is 11.3 Å². The van der Waals surface area contributed by atoms with Crippen molar-refractivity contribution in [1.29, 1.82) is 0 Å². The molecule has 3 rings (SSSR count). The van der Waals surface area contributed by atoms with E-state index in [9.17, 15) is 4.79 Å². The number of hydrogen-bond acceptors (Lipinski definition) is 2. The third-order valence-electron chi connectivity index (χ3n) is 4.52. The Morgan fingerprint density at radius 2 is 2.05 bits per heavy atom. The van der Waals surface area contributed by atoms with E-state index in [0.717, 1.165) is 36.0 Å². The summed E-state index contributed by atoms with van der Waals surface area (Å²) in [6.07, 6.45) is 3.60. The van der Waals surface area contributed by atoms with Gasteiger partial charge in [-0.1, -0.05) is 12.1 Å². The lowest BCUT2D eigenvalue weighted by molar-refractivity contribution is -0.134. The fraction of sp³-hybridized carbons (Fsp3) is 0.562. The smallest absolute Gasteiger partial charge is 0.225 e. The Morgan fingerprint density at radius 1 is 1.32 bits per heavy atom. The number of methoxy groups -OCH3 is 1. The molecule has 0 spiro atoms. The number of fused-ring (bicyclic) bond motifs is 1. The average molecular weight is 259 g/mol. The number of amides is 1. The molecule has 0 heterocycles. The summed E-state index contributed by atoms with van der Waals surface area (Å²) in [4.78, 5) is 14.2. The molecule has 0 saturated heterocycles. The van der Waals surface area contributed by atoms with Gasteiger partial charge in [-0.3, -0.25) is 4.79 Å². The van der Waals surface area contributed by atoms with Crippen molar-refractivity contribution in [1.82, 2.24) is 4.90 Å². The molecule has 2 aliphatic carbocycles. The summed E-state index contributed by atoms with van der Waals surface area (Å²) in [5.41, 5.74) is 1.12. The first-order chi connectivity index (χ1) is 9.17. The lowest BCUT2D eigenvalue weighted by Crippen LogP contribution is -2.31. The standard InChI is InChI=1S/C16H21NO2/c1-17(10-11-4-3-5-15(6-11)19-2)16(18)14-8-12-7-13(12)9-14/h3-6,12-14H,7-10H2,1-2H3. The van der Waals surface area contributed by atoms with E-state index in [1.54, 1.807) is 7.11 Å². The highest BCUT2D eigenvalue weighted by Crippen LogP contribution is 2.54. The fourth-order valence-corrected chi connectivity index (χ4v) is 3.35. The molecule has 2 atom stereocenters. The van der Waals surface area contributed by atoms with Crippen LogP contribution in [0.15, 0.2) is 24.3 Å². The second-order valence-electron chi connectivity index (χ2n) is 5.97. The molecular formula is C16H21NO2. The first-order valence-corrected chi connectivity index (χ1v) is 7.05. The van der Waals surface area contributed by atoms with Crippen LogP contribution in [0.25, 0.3) is 0 Å². The number of ether oxygens (including phenoxy) is 1. The number of benzene rings is 1. The largest absolute Gasteiger partial charge is 0.497 e. The Bertz CT molecular complexity index is 475. The quantitative estimate of drug-likeness (QED) is 0.832. The summed E-state index contributed by atoms with van der Waals surface area (Å²) in [6, 6.07) is 7.93. The van der Waals surface area contributed by atoms with Crippen LogP contribution in [0.5, 0.6) is 5.75 Å². The lowest BCUT2D eigenvalue weighted by atomic mass is 10.0. The summed E-state index contributed by atoms with van der Waals surface area (Å²) in [7, 11) is 3.57. The van der Waals surface area contributed by atoms with E-state index < -0.39 is 0 Å². The maximum absolute atomic E-state index is 12.4. The molecule has 0 aliphatic heterocycles. The minimum atomic E-state index is 0.277. The van der Waals surface area contributed by atoms with E-state index in [-0.39, 0.29) is 5.92 Å². The first-order valence-electron chi connectivity index (χ1n) is 7.05. The third kappa shape index (κ3) is 2.60. The normalized spacial score (nSPS) is 27.8. The summed E-state index contributed by atoms with van der Waals surface area (Å²) >= 11 is 0. The van der Waals surface area contributed by atoms with E-state index in [2.05, 4.69) is 0 Å². The van der Waals surface area contributed by atoms with Gasteiger partial charge in [0.2, 0.25) is 5.91 Å². The molecule has 1 aromatic rings. The highest BCUT2D eigenvalue weighted by Gasteiger charge is 2.48. The van der Waals surface area contributed by atoms with Crippen molar-refractivity contribution in [2.75, 3.05) is 14.2 Å². The Kier molecular flexibility index (Phi) is 3.21. The Morgan fingerprint density at radius 3 is 2.74 bits per heavy atom. The van der Waals surface area contributed by atoms with Gasteiger partial charge in [0.15, 0.2) is 0 Å². The predicted octanol–water partition coefficient (Wildman–Crippen LogP) is 2.70. The second kappa shape index (κ2) is 4.87. The lowest BCUT2D eigenvalue weighted by Gasteiger charge is -2.22. The molecule has 102 valence electrons. The third-order valence-corrected chi connectivity index (χ3v) is 4.52. The number of nitrogens with zero attached hydrogens (tertiary/aromatic N) is 1. The van der Waals surface area contributed by atoms with Gasteiger partial charge in [-0.2, -0.15) is 0 Å². The predicted molar refractivity (Wildman–Crippen MR) is 73.8 cm³/mol. The summed E-state index contributed by atoms with van der Waals surface area (Å²) in [5.74, 6) is 3.16. The minimum Gasteiger partial charge on any atom is -0.497 e. The van der Waals surface area contributed by atoms with Gasteiger partial charge in [0.25, 0.3) is 0 Å². The summed E-state index contributed by atoms with van der Waals surface area (Å²) in [6.45, 7) is 0.669. The average Bonchev–Trinajstić information content (AvgIpc) is 3.04. The van der Waals surface area contributed by atoms with E-state index in [1.165, 1.54) is 6.42 Å². The van der Waals surface area contributed by atoms with Gasteiger partial charge in [0.1, 0.15) is 5.75 Å². The van der Waals surface area contributed by atoms with Crippen molar-refractivity contribution in [2.24, 2.45) is 17.8 Å². The van der Waals surface area contributed by atoms with Gasteiger partial charge in [-0.15, -0.1) is 0 Å². The maximum atomic E-state index is 12.4. The summed E-state index contributed by atoms with van der Waals surface area (Å²) in [5, 5.41) is 0. The van der Waals surface area contributed by atoms with Crippen molar-refractivity contribution in [3.63, 3.8) is 0 Å². The van der Waals surface area contributed by atoms with Crippen LogP contribution in [0, 0.1) is 17.8 Å². The van der Waals surface area contributed by atoms with E-state index >= 15 is 0 Å². The molecule has 3 nitrogen and oxygen atoms in total. The van der Waals surface area contributed by atoms with Crippen molar-refractivity contribution < 1.29 is 9.53 Å². The van der Waals surface area contributed by atoms with Crippen LogP contribution in [0.1, 0.15) is 24.8 Å². The molecule has 0 bridgehead atoms. The van der Waals surface area contributed by atoms with Crippen LogP contribution < -0.4 is 4.74 Å². The van der Waals surface area contributed by atoms with Crippen molar-refractivity contribution in [3.05, 3.63) is 29.8 Å². The van der Waals surface area contributed by atoms with Crippen LogP contribution in [-0.4, -0.2) is 25.0 Å². The zero-order valence-corrected chi connectivity index (χ0v) is 11.6. The maximum Gasteiger partial charge on any atom is 0.225 e. The van der Waals surface area contributed by atoms with E-state index in [0.29, 0.717) is 12.5 Å². The fourth-order valence-electron chi connectivity index (χ4n) is 3.35. The topological polar surface area (TPSA) is 29.5 Å². The molecule has 1 amide bonds. The molecule has 2 fully saturated rings. The zero-order chi connectivity index (χ0) is 13.4. The van der Waals surface area contributed by atoms with Gasteiger partial charge in [0.05, 0.1) is 7.11 Å². The first kappa shape index (κ1) is 12.5. The van der Waals surface area contributed by atoms with Crippen LogP contribution in [0.4, 0.5) is 0 Å². The van der Waals surface area contributed by atoms with Gasteiger partial charge >= 0.3 is 0 Å². The Labute approximate surface area is 114 Å².